The molecule has 0 saturated carbocycles. The number of carbonyl (C=O) groups is 3. The van der Waals surface area contributed by atoms with E-state index in [1.165, 1.54) is 30.3 Å². The number of nitriles is 1. The van der Waals surface area contributed by atoms with Crippen LogP contribution in [-0.4, -0.2) is 39.6 Å². The number of nitrogens with zero attached hydrogens (tertiary/aromatic N) is 3. The third-order valence-electron chi connectivity index (χ3n) is 4.91. The van der Waals surface area contributed by atoms with Crippen LogP contribution in [0.3, 0.4) is 0 Å². The van der Waals surface area contributed by atoms with Crippen LogP contribution in [0.1, 0.15) is 27.2 Å². The number of thioether (sulfide) groups is 1. The number of aryl methyl sites for hydroxylation is 1. The fourth-order valence-corrected chi connectivity index (χ4v) is 4.20. The van der Waals surface area contributed by atoms with Crippen LogP contribution < -0.4 is 5.32 Å². The van der Waals surface area contributed by atoms with Crippen LogP contribution in [0.25, 0.3) is 12.0 Å². The fraction of sp³-hybridized carbons (Fsp3) is 0.130. The van der Waals surface area contributed by atoms with Crippen LogP contribution in [-0.2, 0) is 4.79 Å². The number of benzene rings is 1. The highest BCUT2D eigenvalue weighted by Crippen LogP contribution is 2.32. The van der Waals surface area contributed by atoms with Gasteiger partial charge < -0.3 is 9.73 Å². The zero-order valence-electron chi connectivity index (χ0n) is 17.4. The van der Waals surface area contributed by atoms with E-state index >= 15 is 0 Å². The maximum atomic E-state index is 13.1. The molecule has 10 heteroatoms. The summed E-state index contributed by atoms with van der Waals surface area (Å²) in [4.78, 5) is 38.8. The minimum absolute atomic E-state index is 0.00492. The number of carbonyl (C=O) groups excluding carboxylic acids is 3. The lowest BCUT2D eigenvalue weighted by Gasteiger charge is -2.13. The van der Waals surface area contributed by atoms with Crippen molar-refractivity contribution in [2.24, 2.45) is 0 Å². The van der Waals surface area contributed by atoms with E-state index in [4.69, 9.17) is 4.42 Å². The van der Waals surface area contributed by atoms with E-state index in [0.29, 0.717) is 5.56 Å². The van der Waals surface area contributed by atoms with Gasteiger partial charge in [-0.1, -0.05) is 12.1 Å². The molecule has 1 fully saturated rings. The zero-order chi connectivity index (χ0) is 23.5. The highest BCUT2D eigenvalue weighted by atomic mass is 32.2. The molecule has 0 unspecified atom stereocenters. The van der Waals surface area contributed by atoms with Gasteiger partial charge >= 0.3 is 0 Å². The minimum atomic E-state index is -0.542. The Hall–Kier alpha value is -4.10. The molecular weight excluding hydrogens is 447 g/mol. The number of imide groups is 1. The summed E-state index contributed by atoms with van der Waals surface area (Å²) in [5.41, 5.74) is 0.786. The summed E-state index contributed by atoms with van der Waals surface area (Å²) in [6.45, 7) is 1.54. The highest BCUT2D eigenvalue weighted by molar-refractivity contribution is 8.18. The molecule has 0 spiro atoms. The van der Waals surface area contributed by atoms with E-state index < -0.39 is 22.9 Å². The second-order valence-corrected chi connectivity index (χ2v) is 8.05. The van der Waals surface area contributed by atoms with Crippen LogP contribution in [0.5, 0.6) is 0 Å². The lowest BCUT2D eigenvalue weighted by molar-refractivity contribution is -0.122. The molecule has 1 aliphatic rings. The maximum Gasteiger partial charge on any atom is 0.293 e. The van der Waals surface area contributed by atoms with E-state index in [0.717, 1.165) is 16.7 Å². The molecule has 0 aliphatic carbocycles. The molecule has 1 N–H and O–H groups in total. The SMILES string of the molecule is Cc1oc(-n2cccc2)c(C#N)c1C(=O)NCCN1C(=O)S/C(=C\c2ccc(F)cc2)C1=O. The Bertz CT molecular complexity index is 1300. The van der Waals surface area contributed by atoms with Gasteiger partial charge in [0, 0.05) is 25.5 Å². The van der Waals surface area contributed by atoms with Crippen LogP contribution in [0.15, 0.2) is 58.1 Å². The number of nitrogens with one attached hydrogen (secondary N) is 1. The van der Waals surface area contributed by atoms with E-state index in [1.807, 2.05) is 6.07 Å². The number of amides is 3. The molecule has 0 radical (unpaired) electrons. The van der Waals surface area contributed by atoms with Gasteiger partial charge in [-0.25, -0.2) is 4.39 Å². The summed E-state index contributed by atoms with van der Waals surface area (Å²) in [5.74, 6) is -0.914. The lowest BCUT2D eigenvalue weighted by atomic mass is 10.1. The normalized spacial score (nSPS) is 14.7. The number of furan rings is 1. The maximum absolute atomic E-state index is 13.1. The second-order valence-electron chi connectivity index (χ2n) is 7.06. The molecule has 0 atom stereocenters. The predicted molar refractivity (Wildman–Crippen MR) is 119 cm³/mol. The molecule has 3 aromatic rings. The van der Waals surface area contributed by atoms with E-state index in [9.17, 15) is 24.0 Å². The average Bonchev–Trinajstić information content (AvgIpc) is 3.49. The van der Waals surface area contributed by atoms with Gasteiger partial charge in [0.25, 0.3) is 17.1 Å². The summed E-state index contributed by atoms with van der Waals surface area (Å²) < 4.78 is 20.3. The first-order valence-electron chi connectivity index (χ1n) is 9.85. The number of hydrogen-bond donors (Lipinski definition) is 1. The van der Waals surface area contributed by atoms with Gasteiger partial charge in [0.15, 0.2) is 0 Å². The molecular formula is C23H17FN4O4S. The van der Waals surface area contributed by atoms with Crippen molar-refractivity contribution in [3.05, 3.63) is 82.0 Å². The van der Waals surface area contributed by atoms with Crippen LogP contribution >= 0.6 is 11.8 Å². The van der Waals surface area contributed by atoms with Gasteiger partial charge in [-0.05, 0) is 54.6 Å². The largest absolute Gasteiger partial charge is 0.443 e. The van der Waals surface area contributed by atoms with Crippen molar-refractivity contribution in [1.29, 1.82) is 5.26 Å². The Labute approximate surface area is 192 Å². The van der Waals surface area contributed by atoms with Crippen LogP contribution in [0.2, 0.25) is 0 Å². The fourth-order valence-electron chi connectivity index (χ4n) is 3.33. The van der Waals surface area contributed by atoms with E-state index in [2.05, 4.69) is 5.32 Å². The lowest BCUT2D eigenvalue weighted by Crippen LogP contribution is -2.37. The summed E-state index contributed by atoms with van der Waals surface area (Å²) in [7, 11) is 0. The van der Waals surface area contributed by atoms with E-state index in [-0.39, 0.29) is 40.8 Å². The molecule has 4 rings (SSSR count). The van der Waals surface area contributed by atoms with Gasteiger partial charge in [0.1, 0.15) is 28.8 Å². The Morgan fingerprint density at radius 1 is 1.24 bits per heavy atom. The average molecular weight is 464 g/mol. The topological polar surface area (TPSA) is 108 Å². The Morgan fingerprint density at radius 3 is 2.61 bits per heavy atom. The van der Waals surface area contributed by atoms with Crippen molar-refractivity contribution in [3.63, 3.8) is 0 Å². The van der Waals surface area contributed by atoms with Crippen molar-refractivity contribution in [2.75, 3.05) is 13.1 Å². The first-order valence-corrected chi connectivity index (χ1v) is 10.7. The van der Waals surface area contributed by atoms with Gasteiger partial charge in [0.05, 0.1) is 4.91 Å². The molecule has 1 saturated heterocycles. The smallest absolute Gasteiger partial charge is 0.293 e. The number of rotatable bonds is 6. The molecule has 166 valence electrons. The van der Waals surface area contributed by atoms with Gasteiger partial charge in [-0.3, -0.25) is 23.9 Å². The quantitative estimate of drug-likeness (QED) is 0.555. The van der Waals surface area contributed by atoms with E-state index in [1.54, 1.807) is 36.0 Å². The van der Waals surface area contributed by atoms with Gasteiger partial charge in [-0.2, -0.15) is 5.26 Å². The molecule has 33 heavy (non-hydrogen) atoms. The summed E-state index contributed by atoms with van der Waals surface area (Å²) >= 11 is 0.778. The summed E-state index contributed by atoms with van der Waals surface area (Å²) in [6.07, 6.45) is 4.90. The third kappa shape index (κ3) is 4.44. The number of halogens is 1. The van der Waals surface area contributed by atoms with Crippen LogP contribution in [0, 0.1) is 24.1 Å². The first-order chi connectivity index (χ1) is 15.9. The number of aromatic nitrogens is 1. The number of hydrogen-bond acceptors (Lipinski definition) is 6. The molecule has 3 amide bonds. The third-order valence-corrected chi connectivity index (χ3v) is 5.81. The molecule has 0 bridgehead atoms. The van der Waals surface area contributed by atoms with Crippen LogP contribution in [0.4, 0.5) is 9.18 Å². The summed E-state index contributed by atoms with van der Waals surface area (Å²) in [5, 5.41) is 11.7. The molecule has 8 nitrogen and oxygen atoms in total. The van der Waals surface area contributed by atoms with Gasteiger partial charge in [0.2, 0.25) is 5.88 Å². The van der Waals surface area contributed by atoms with Gasteiger partial charge in [-0.15, -0.1) is 0 Å². The monoisotopic (exact) mass is 464 g/mol. The van der Waals surface area contributed by atoms with Crippen molar-refractivity contribution in [2.45, 2.75) is 6.92 Å². The first kappa shape index (κ1) is 22.1. The Morgan fingerprint density at radius 2 is 1.94 bits per heavy atom. The predicted octanol–water partition coefficient (Wildman–Crippen LogP) is 3.86. The Kier molecular flexibility index (Phi) is 6.15. The minimum Gasteiger partial charge on any atom is -0.443 e. The van der Waals surface area contributed by atoms with Crippen molar-refractivity contribution >= 4 is 34.9 Å². The second kappa shape index (κ2) is 9.18. The highest BCUT2D eigenvalue weighted by Gasteiger charge is 2.35. The molecule has 3 heterocycles. The standard InChI is InChI=1S/C23H17FN4O4S/c1-14-19(17(13-25)22(32-14)27-9-2-3-10-27)20(29)26-8-11-28-21(30)18(33-23(28)31)12-15-4-6-16(24)7-5-15/h2-7,9-10,12H,8,11H2,1H3,(H,26,29)/b18-12-. The molecule has 1 aliphatic heterocycles. The Balaban J connectivity index is 1.42. The zero-order valence-corrected chi connectivity index (χ0v) is 18.2. The van der Waals surface area contributed by atoms with Crippen molar-refractivity contribution < 1.29 is 23.2 Å². The van der Waals surface area contributed by atoms with Crippen molar-refractivity contribution in [1.82, 2.24) is 14.8 Å². The molecule has 1 aromatic carbocycles. The van der Waals surface area contributed by atoms with Crippen molar-refractivity contribution in [3.8, 4) is 12.0 Å². The summed E-state index contributed by atoms with van der Waals surface area (Å²) in [6, 6.07) is 11.1. The molecule has 2 aromatic heterocycles.